The Labute approximate surface area is 246 Å². The van der Waals surface area contributed by atoms with Crippen molar-refractivity contribution < 1.29 is 28.6 Å². The summed E-state index contributed by atoms with van der Waals surface area (Å²) < 4.78 is 16.7. The first-order valence-electron chi connectivity index (χ1n) is 12.4. The monoisotopic (exact) mass is 625 g/mol. The number of hydrogen-bond acceptors (Lipinski definition) is 7. The van der Waals surface area contributed by atoms with Gasteiger partial charge in [0, 0.05) is 16.7 Å². The van der Waals surface area contributed by atoms with Gasteiger partial charge < -0.3 is 24.4 Å². The molecule has 11 heteroatoms. The van der Waals surface area contributed by atoms with Gasteiger partial charge in [0.05, 0.1) is 38.5 Å². The maximum atomic E-state index is 13.8. The zero-order valence-corrected chi connectivity index (χ0v) is 24.6. The van der Waals surface area contributed by atoms with Crippen LogP contribution in [0.25, 0.3) is 0 Å². The number of nitrogens with zero attached hydrogens (tertiary/aromatic N) is 2. The zero-order chi connectivity index (χ0) is 28.8. The lowest BCUT2D eigenvalue weighted by Gasteiger charge is -2.24. The van der Waals surface area contributed by atoms with Crippen molar-refractivity contribution in [2.75, 3.05) is 31.0 Å². The number of esters is 1. The van der Waals surface area contributed by atoms with Crippen LogP contribution in [0.5, 0.6) is 11.5 Å². The van der Waals surface area contributed by atoms with Crippen LogP contribution in [0, 0.1) is 0 Å². The van der Waals surface area contributed by atoms with E-state index in [2.05, 4.69) is 21.2 Å². The summed E-state index contributed by atoms with van der Waals surface area (Å²) in [6.07, 6.45) is -0.125. The summed E-state index contributed by atoms with van der Waals surface area (Å²) in [5, 5.41) is 3.09. The summed E-state index contributed by atoms with van der Waals surface area (Å²) in [6.45, 7) is 2.23. The standard InChI is InChI=1S/C29H28BrN3O6S/c1-4-39-28(36)19-6-12-22(13-7-19)33-27(35)23(16-26(34)31-21-10-8-20(30)9-11-21)32(29(33)40)17-18-5-14-24(37-2)25(15-18)38-3/h5-15,23H,4,16-17H2,1-3H3,(H,31,34). The number of halogens is 1. The van der Waals surface area contributed by atoms with Crippen LogP contribution < -0.4 is 19.7 Å². The fourth-order valence-corrected chi connectivity index (χ4v) is 4.96. The highest BCUT2D eigenvalue weighted by Gasteiger charge is 2.44. The third-order valence-corrected chi connectivity index (χ3v) is 7.21. The molecule has 208 valence electrons. The molecule has 0 bridgehead atoms. The molecule has 0 saturated carbocycles. The predicted octanol–water partition coefficient (Wildman–Crippen LogP) is 5.17. The maximum absolute atomic E-state index is 13.8. The fraction of sp³-hybridized carbons (Fsp3) is 0.241. The Bertz CT molecular complexity index is 1410. The molecule has 1 aliphatic heterocycles. The molecule has 1 aliphatic rings. The van der Waals surface area contributed by atoms with Crippen LogP contribution in [-0.2, 0) is 20.9 Å². The molecule has 3 aromatic carbocycles. The predicted molar refractivity (Wildman–Crippen MR) is 159 cm³/mol. The van der Waals surface area contributed by atoms with Crippen molar-refractivity contribution in [2.24, 2.45) is 0 Å². The van der Waals surface area contributed by atoms with Crippen LogP contribution in [-0.4, -0.2) is 54.7 Å². The number of hydrogen-bond donors (Lipinski definition) is 1. The van der Waals surface area contributed by atoms with E-state index in [9.17, 15) is 14.4 Å². The van der Waals surface area contributed by atoms with Gasteiger partial charge in [-0.1, -0.05) is 22.0 Å². The largest absolute Gasteiger partial charge is 0.493 e. The van der Waals surface area contributed by atoms with Gasteiger partial charge in [0.2, 0.25) is 5.91 Å². The summed E-state index contributed by atoms with van der Waals surface area (Å²) in [5.41, 5.74) is 2.26. The second-order valence-corrected chi connectivity index (χ2v) is 10.1. The average molecular weight is 627 g/mol. The number of amides is 2. The molecule has 1 saturated heterocycles. The lowest BCUT2D eigenvalue weighted by Crippen LogP contribution is -2.37. The van der Waals surface area contributed by atoms with E-state index in [-0.39, 0.29) is 36.5 Å². The summed E-state index contributed by atoms with van der Waals surface area (Å²) in [7, 11) is 3.10. The van der Waals surface area contributed by atoms with Gasteiger partial charge >= 0.3 is 5.97 Å². The Morgan fingerprint density at radius 2 is 1.65 bits per heavy atom. The normalized spacial score (nSPS) is 14.8. The van der Waals surface area contributed by atoms with Gasteiger partial charge in [-0.05, 0) is 85.4 Å². The minimum absolute atomic E-state index is 0.125. The minimum Gasteiger partial charge on any atom is -0.493 e. The molecule has 1 heterocycles. The third-order valence-electron chi connectivity index (χ3n) is 6.26. The lowest BCUT2D eigenvalue weighted by atomic mass is 10.1. The number of ether oxygens (including phenoxy) is 3. The first kappa shape index (κ1) is 29.0. The number of benzene rings is 3. The molecule has 4 rings (SSSR count). The van der Waals surface area contributed by atoms with Crippen molar-refractivity contribution in [1.82, 2.24) is 4.90 Å². The van der Waals surface area contributed by atoms with Crippen molar-refractivity contribution in [3.63, 3.8) is 0 Å². The molecule has 1 unspecified atom stereocenters. The van der Waals surface area contributed by atoms with Crippen LogP contribution in [0.4, 0.5) is 11.4 Å². The second kappa shape index (κ2) is 12.9. The third kappa shape index (κ3) is 6.43. The van der Waals surface area contributed by atoms with Gasteiger partial charge in [0.25, 0.3) is 5.91 Å². The van der Waals surface area contributed by atoms with Crippen LogP contribution >= 0.6 is 28.1 Å². The van der Waals surface area contributed by atoms with Gasteiger partial charge in [-0.25, -0.2) is 4.79 Å². The van der Waals surface area contributed by atoms with Crippen LogP contribution in [0.2, 0.25) is 0 Å². The van der Waals surface area contributed by atoms with E-state index in [0.29, 0.717) is 28.4 Å². The lowest BCUT2D eigenvalue weighted by molar-refractivity contribution is -0.124. The van der Waals surface area contributed by atoms with Crippen molar-refractivity contribution in [3.05, 3.63) is 82.3 Å². The molecule has 0 aromatic heterocycles. The second-order valence-electron chi connectivity index (χ2n) is 8.82. The van der Waals surface area contributed by atoms with E-state index in [0.717, 1.165) is 10.0 Å². The Hall–Kier alpha value is -3.96. The van der Waals surface area contributed by atoms with E-state index >= 15 is 0 Å². The number of anilines is 2. The molecule has 3 aromatic rings. The van der Waals surface area contributed by atoms with Crippen molar-refractivity contribution in [1.29, 1.82) is 0 Å². The molecule has 1 fully saturated rings. The Balaban J connectivity index is 1.62. The van der Waals surface area contributed by atoms with E-state index < -0.39 is 12.0 Å². The SMILES string of the molecule is CCOC(=O)c1ccc(N2C(=O)C(CC(=O)Nc3ccc(Br)cc3)N(Cc3ccc(OC)c(OC)c3)C2=S)cc1. The van der Waals surface area contributed by atoms with Crippen LogP contribution in [0.15, 0.2) is 71.2 Å². The quantitative estimate of drug-likeness (QED) is 0.243. The molecule has 1 N–H and O–H groups in total. The maximum Gasteiger partial charge on any atom is 0.338 e. The van der Waals surface area contributed by atoms with E-state index in [1.807, 2.05) is 24.3 Å². The van der Waals surface area contributed by atoms with Gasteiger partial charge in [0.15, 0.2) is 16.6 Å². The number of carbonyl (C=O) groups excluding carboxylic acids is 3. The molecule has 1 atom stereocenters. The molecule has 0 aliphatic carbocycles. The van der Waals surface area contributed by atoms with Gasteiger partial charge in [-0.3, -0.25) is 14.5 Å². The topological polar surface area (TPSA) is 97.4 Å². The van der Waals surface area contributed by atoms with Crippen LogP contribution in [0.3, 0.4) is 0 Å². The summed E-state index contributed by atoms with van der Waals surface area (Å²) in [5.74, 6) is -0.0324. The molecule has 0 spiro atoms. The van der Waals surface area contributed by atoms with Gasteiger partial charge in [0.1, 0.15) is 6.04 Å². The van der Waals surface area contributed by atoms with E-state index in [1.165, 1.54) is 4.90 Å². The van der Waals surface area contributed by atoms with Crippen molar-refractivity contribution in [3.8, 4) is 11.5 Å². The molecular weight excluding hydrogens is 598 g/mol. The fourth-order valence-electron chi connectivity index (χ4n) is 4.31. The summed E-state index contributed by atoms with van der Waals surface area (Å²) in [4.78, 5) is 42.0. The highest BCUT2D eigenvalue weighted by atomic mass is 79.9. The average Bonchev–Trinajstić information content (AvgIpc) is 3.18. The smallest absolute Gasteiger partial charge is 0.338 e. The first-order valence-corrected chi connectivity index (χ1v) is 13.6. The first-order chi connectivity index (χ1) is 19.2. The Kier molecular flexibility index (Phi) is 9.38. The molecule has 0 radical (unpaired) electrons. The van der Waals surface area contributed by atoms with Crippen molar-refractivity contribution >= 4 is 62.4 Å². The molecule has 40 heavy (non-hydrogen) atoms. The molecule has 9 nitrogen and oxygen atoms in total. The Morgan fingerprint density at radius 3 is 2.27 bits per heavy atom. The number of carbonyl (C=O) groups is 3. The highest BCUT2D eigenvalue weighted by Crippen LogP contribution is 2.32. The highest BCUT2D eigenvalue weighted by molar-refractivity contribution is 9.10. The summed E-state index contributed by atoms with van der Waals surface area (Å²) in [6, 6.07) is 18.2. The molecule has 2 amide bonds. The number of rotatable bonds is 10. The van der Waals surface area contributed by atoms with E-state index in [1.54, 1.807) is 68.5 Å². The number of nitrogens with one attached hydrogen (secondary N) is 1. The molecular formula is C29H28BrN3O6S. The summed E-state index contributed by atoms with van der Waals surface area (Å²) >= 11 is 9.15. The van der Waals surface area contributed by atoms with Gasteiger partial charge in [-0.2, -0.15) is 0 Å². The van der Waals surface area contributed by atoms with Crippen LogP contribution in [0.1, 0.15) is 29.3 Å². The Morgan fingerprint density at radius 1 is 0.975 bits per heavy atom. The van der Waals surface area contributed by atoms with Crippen molar-refractivity contribution in [2.45, 2.75) is 25.9 Å². The number of thiocarbonyl (C=S) groups is 1. The minimum atomic E-state index is -0.860. The number of methoxy groups -OCH3 is 2. The van der Waals surface area contributed by atoms with Gasteiger partial charge in [-0.15, -0.1) is 0 Å². The zero-order valence-electron chi connectivity index (χ0n) is 22.2. The van der Waals surface area contributed by atoms with E-state index in [4.69, 9.17) is 26.4 Å².